The van der Waals surface area contributed by atoms with Gasteiger partial charge in [0.25, 0.3) is 0 Å². The van der Waals surface area contributed by atoms with Crippen molar-refractivity contribution in [2.24, 2.45) is 5.92 Å². The fraction of sp³-hybridized carbons (Fsp3) is 0.875. The molecule has 1 nitrogen and oxygen atoms in total. The van der Waals surface area contributed by atoms with E-state index in [0.717, 1.165) is 5.92 Å². The lowest BCUT2D eigenvalue weighted by molar-refractivity contribution is -0.923. The Morgan fingerprint density at radius 2 is 1.53 bits per heavy atom. The summed E-state index contributed by atoms with van der Waals surface area (Å²) in [7, 11) is 0. The highest BCUT2D eigenvalue weighted by molar-refractivity contribution is 4.92. The van der Waals surface area contributed by atoms with E-state index in [1.165, 1.54) is 55.5 Å². The fourth-order valence-electron chi connectivity index (χ4n) is 2.44. The lowest BCUT2D eigenvalue weighted by Crippen LogP contribution is -2.48. The number of quaternary nitrogens is 1. The molecule has 0 radical (unpaired) electrons. The van der Waals surface area contributed by atoms with E-state index in [2.05, 4.69) is 47.6 Å². The van der Waals surface area contributed by atoms with Gasteiger partial charge in [0.1, 0.15) is 0 Å². The van der Waals surface area contributed by atoms with Crippen molar-refractivity contribution >= 4 is 0 Å². The average Bonchev–Trinajstić information content (AvgIpc) is 2.31. The molecule has 0 fully saturated rings. The zero-order chi connectivity index (χ0) is 13.3. The summed E-state index contributed by atoms with van der Waals surface area (Å²) in [6, 6.07) is 0. The minimum absolute atomic E-state index is 0.868. The number of allylic oxidation sites excluding steroid dienone is 2. The summed E-state index contributed by atoms with van der Waals surface area (Å²) in [6.07, 6.45) is 6.36. The lowest BCUT2D eigenvalue weighted by atomic mass is 10.00. The van der Waals surface area contributed by atoms with Gasteiger partial charge in [-0.05, 0) is 59.8 Å². The van der Waals surface area contributed by atoms with E-state index in [9.17, 15) is 0 Å². The predicted molar refractivity (Wildman–Crippen MR) is 79.2 cm³/mol. The van der Waals surface area contributed by atoms with Gasteiger partial charge in [0, 0.05) is 0 Å². The zero-order valence-electron chi connectivity index (χ0n) is 13.1. The van der Waals surface area contributed by atoms with Crippen LogP contribution in [0.1, 0.15) is 60.8 Å². The van der Waals surface area contributed by atoms with Crippen LogP contribution in [0.25, 0.3) is 0 Å². The molecular weight excluding hydrogens is 206 g/mol. The van der Waals surface area contributed by atoms with Crippen LogP contribution in [0.5, 0.6) is 0 Å². The molecule has 0 N–H and O–H groups in total. The first-order chi connectivity index (χ1) is 7.99. The molecule has 0 bridgehead atoms. The van der Waals surface area contributed by atoms with Crippen LogP contribution >= 0.6 is 0 Å². The Morgan fingerprint density at radius 3 is 1.94 bits per heavy atom. The van der Waals surface area contributed by atoms with Crippen molar-refractivity contribution in [2.45, 2.75) is 60.8 Å². The second-order valence-corrected chi connectivity index (χ2v) is 5.77. The molecule has 0 amide bonds. The highest BCUT2D eigenvalue weighted by Crippen LogP contribution is 2.16. The monoisotopic (exact) mass is 240 g/mol. The molecule has 0 aromatic rings. The number of nitrogens with zero attached hydrogens (tertiary/aromatic N) is 1. The smallest absolute Gasteiger partial charge is 0.0788 e. The lowest BCUT2D eigenvalue weighted by Gasteiger charge is -2.36. The normalized spacial score (nSPS) is 13.5. The molecular formula is C16H34N+. The molecule has 0 saturated carbocycles. The van der Waals surface area contributed by atoms with E-state index < -0.39 is 0 Å². The van der Waals surface area contributed by atoms with E-state index in [1.54, 1.807) is 0 Å². The molecule has 0 aromatic heterocycles. The molecule has 0 unspecified atom stereocenters. The van der Waals surface area contributed by atoms with Crippen molar-refractivity contribution < 1.29 is 4.48 Å². The van der Waals surface area contributed by atoms with E-state index >= 15 is 0 Å². The van der Waals surface area contributed by atoms with E-state index in [-0.39, 0.29) is 0 Å². The highest BCUT2D eigenvalue weighted by atomic mass is 15.3. The Kier molecular flexibility index (Phi) is 8.59. The molecule has 1 atom stereocenters. The van der Waals surface area contributed by atoms with Crippen LogP contribution in [0.4, 0.5) is 0 Å². The van der Waals surface area contributed by atoms with E-state index in [0.29, 0.717) is 0 Å². The third-order valence-electron chi connectivity index (χ3n) is 4.32. The predicted octanol–water partition coefficient (Wildman–Crippen LogP) is 4.64. The first-order valence-corrected chi connectivity index (χ1v) is 7.48. The van der Waals surface area contributed by atoms with Crippen molar-refractivity contribution in [3.05, 3.63) is 11.6 Å². The largest absolute Gasteiger partial charge is 0.324 e. The minimum Gasteiger partial charge on any atom is -0.324 e. The van der Waals surface area contributed by atoms with Crippen LogP contribution in [0.2, 0.25) is 0 Å². The van der Waals surface area contributed by atoms with Gasteiger partial charge in [0.2, 0.25) is 0 Å². The maximum absolute atomic E-state index is 2.41. The summed E-state index contributed by atoms with van der Waals surface area (Å²) in [6.45, 7) is 19.0. The number of hydrogen-bond donors (Lipinski definition) is 0. The van der Waals surface area contributed by atoms with Gasteiger partial charge in [0.15, 0.2) is 0 Å². The van der Waals surface area contributed by atoms with Crippen molar-refractivity contribution in [3.63, 3.8) is 0 Å². The Balaban J connectivity index is 3.96. The average molecular weight is 240 g/mol. The van der Waals surface area contributed by atoms with Gasteiger partial charge in [-0.1, -0.05) is 18.6 Å². The molecule has 0 saturated heterocycles. The third-order valence-corrected chi connectivity index (χ3v) is 4.32. The second-order valence-electron chi connectivity index (χ2n) is 5.77. The summed E-state index contributed by atoms with van der Waals surface area (Å²) in [4.78, 5) is 0. The van der Waals surface area contributed by atoms with Crippen LogP contribution in [-0.2, 0) is 0 Å². The molecule has 0 aromatic carbocycles. The van der Waals surface area contributed by atoms with Crippen molar-refractivity contribution in [1.29, 1.82) is 0 Å². The first kappa shape index (κ1) is 16.7. The van der Waals surface area contributed by atoms with Gasteiger partial charge in [-0.25, -0.2) is 0 Å². The van der Waals surface area contributed by atoms with Gasteiger partial charge in [0.05, 0.1) is 26.2 Å². The summed E-state index contributed by atoms with van der Waals surface area (Å²) < 4.78 is 1.30. The second kappa shape index (κ2) is 8.74. The fourth-order valence-corrected chi connectivity index (χ4v) is 2.44. The molecule has 17 heavy (non-hydrogen) atoms. The van der Waals surface area contributed by atoms with Crippen molar-refractivity contribution in [1.82, 2.24) is 0 Å². The van der Waals surface area contributed by atoms with Crippen LogP contribution in [0, 0.1) is 5.92 Å². The SMILES string of the molecule is CC[N+](CC)(CC)CC[C@H](C)CCC=C(C)C. The highest BCUT2D eigenvalue weighted by Gasteiger charge is 2.20. The van der Waals surface area contributed by atoms with Crippen molar-refractivity contribution in [2.75, 3.05) is 26.2 Å². The molecule has 0 rings (SSSR count). The summed E-state index contributed by atoms with van der Waals surface area (Å²) in [5, 5.41) is 0. The van der Waals surface area contributed by atoms with Gasteiger partial charge in [-0.15, -0.1) is 0 Å². The van der Waals surface area contributed by atoms with Crippen LogP contribution < -0.4 is 0 Å². The van der Waals surface area contributed by atoms with Gasteiger partial charge < -0.3 is 4.48 Å². The Morgan fingerprint density at radius 1 is 1.00 bits per heavy atom. The molecule has 102 valence electrons. The molecule has 1 heteroatoms. The maximum atomic E-state index is 2.41. The van der Waals surface area contributed by atoms with Crippen LogP contribution in [0.3, 0.4) is 0 Å². The maximum Gasteiger partial charge on any atom is 0.0788 e. The Hall–Kier alpha value is -0.300. The Labute approximate surface area is 109 Å². The first-order valence-electron chi connectivity index (χ1n) is 7.48. The van der Waals surface area contributed by atoms with Crippen molar-refractivity contribution in [3.8, 4) is 0 Å². The summed E-state index contributed by atoms with van der Waals surface area (Å²) in [5.41, 5.74) is 1.46. The number of rotatable bonds is 9. The van der Waals surface area contributed by atoms with Gasteiger partial charge in [-0.3, -0.25) is 0 Å². The topological polar surface area (TPSA) is 0 Å². The van der Waals surface area contributed by atoms with E-state index in [1.807, 2.05) is 0 Å². The molecule has 0 aliphatic heterocycles. The quantitative estimate of drug-likeness (QED) is 0.407. The zero-order valence-corrected chi connectivity index (χ0v) is 13.1. The Bertz CT molecular complexity index is 201. The summed E-state index contributed by atoms with van der Waals surface area (Å²) >= 11 is 0. The molecule has 0 aliphatic carbocycles. The van der Waals surface area contributed by atoms with Gasteiger partial charge >= 0.3 is 0 Å². The molecule has 0 spiro atoms. The van der Waals surface area contributed by atoms with Gasteiger partial charge in [-0.2, -0.15) is 0 Å². The van der Waals surface area contributed by atoms with Crippen LogP contribution in [0.15, 0.2) is 11.6 Å². The molecule has 0 aliphatic rings. The number of hydrogen-bond acceptors (Lipinski definition) is 0. The molecule has 0 heterocycles. The summed E-state index contributed by atoms with van der Waals surface area (Å²) in [5.74, 6) is 0.868. The van der Waals surface area contributed by atoms with Crippen LogP contribution in [-0.4, -0.2) is 30.7 Å². The third kappa shape index (κ3) is 6.88. The minimum atomic E-state index is 0.868. The standard InChI is InChI=1S/C16H34N/c1-7-17(8-2,9-3)14-13-16(6)12-10-11-15(4)5/h11,16H,7-10,12-14H2,1-6H3/q+1/t16-/m1/s1. The van der Waals surface area contributed by atoms with E-state index in [4.69, 9.17) is 0 Å².